The molecule has 0 heterocycles. The summed E-state index contributed by atoms with van der Waals surface area (Å²) < 4.78 is 57.1. The molecule has 0 N–H and O–H groups in total. The molecule has 0 saturated carbocycles. The van der Waals surface area contributed by atoms with Crippen LogP contribution in [0.5, 0.6) is 57.5 Å². The number of unbranched alkanes of at least 4 members (excludes halogenated alkanes) is 9. The predicted molar refractivity (Wildman–Crippen MR) is 528 cm³/mol. The molecule has 0 spiro atoms. The summed E-state index contributed by atoms with van der Waals surface area (Å²) in [6.45, 7) is 9.46. The fourth-order valence-corrected chi connectivity index (χ4v) is 16.5. The molecule has 20 nitrogen and oxygen atoms in total. The van der Waals surface area contributed by atoms with Crippen LogP contribution in [0.1, 0.15) is 176 Å². The van der Waals surface area contributed by atoms with Gasteiger partial charge in [0.25, 0.3) is 0 Å². The lowest BCUT2D eigenvalue weighted by molar-refractivity contribution is -0.140. The van der Waals surface area contributed by atoms with Gasteiger partial charge in [-0.2, -0.15) is 0 Å². The zero-order valence-corrected chi connectivity index (χ0v) is 77.7. The van der Waals surface area contributed by atoms with Crippen molar-refractivity contribution in [2.45, 2.75) is 176 Å². The molecule has 0 bridgehead atoms. The van der Waals surface area contributed by atoms with Gasteiger partial charge in [0.05, 0.1) is 47.9 Å². The van der Waals surface area contributed by atoms with Gasteiger partial charge in [0.1, 0.15) is 86.4 Å². The first-order valence-corrected chi connectivity index (χ1v) is 45.4. The molecule has 688 valence electrons. The van der Waals surface area contributed by atoms with Gasteiger partial charge in [-0.25, -0.2) is 0 Å². The Labute approximate surface area is 775 Å². The maximum absolute atomic E-state index is 12.6. The standard InChI is InChI=1S/C26H30O4.C24H26O4.C22H22O4.C21H20O4.C20H18O4/c1-19(27)13-7-5-3-4-6-8-18-24(28)30-26-22-16-11-9-14-20(22)25(29-2)21-15-10-12-17-23(21)26;1-17(25)11-5-3-4-6-16-22(26)28-24-20-14-9-7-12-18(20)23(27-2)19-13-8-10-15-21(19)24;1-15(23)9-3-8-14-20(24)26-22-18-12-6-4-10-16(18)21(25-2)17-11-5-7-13-19(17)22;1-13(12-14(2)22)21(23)25-20-17-10-6-4-8-15(17)19(24-3)16-9-5-7-11-18(16)20;1-13(21)11-12-18(22)24-20-16-9-5-3-7-14(16)19(23-2)15-8-4-6-10-17(15)20/h9-12,14-17H,3-8,13,18H2,1-2H3;7-10,12-15H,3-6,11,16H2,1-2H3;4-7,10-13H,3,8-9,14H2,1-2H3;4-11,13H,12H2,1-3H3;3-10H,11-12H2,1-2H3. The second-order valence-electron chi connectivity index (χ2n) is 32.9. The number of carbonyl (C=O) groups excluding carboxylic acids is 10. The van der Waals surface area contributed by atoms with Gasteiger partial charge in [-0.1, -0.05) is 288 Å². The Hall–Kier alpha value is -14.4. The van der Waals surface area contributed by atoms with Gasteiger partial charge in [-0.3, -0.25) is 24.0 Å². The fourth-order valence-electron chi connectivity index (χ4n) is 16.5. The highest BCUT2D eigenvalue weighted by Crippen LogP contribution is 2.49. The first kappa shape index (κ1) is 99.2. The molecule has 15 aromatic rings. The van der Waals surface area contributed by atoms with Gasteiger partial charge in [0.2, 0.25) is 0 Å². The van der Waals surface area contributed by atoms with Crippen LogP contribution in [0.4, 0.5) is 0 Å². The first-order chi connectivity index (χ1) is 64.5. The molecule has 20 heteroatoms. The van der Waals surface area contributed by atoms with E-state index in [0.717, 1.165) is 201 Å². The third kappa shape index (κ3) is 26.1. The molecule has 0 aromatic heterocycles. The Balaban J connectivity index is 0.000000160. The van der Waals surface area contributed by atoms with E-state index < -0.39 is 17.9 Å². The molecule has 0 amide bonds. The van der Waals surface area contributed by atoms with Crippen molar-refractivity contribution in [1.82, 2.24) is 0 Å². The normalized spacial score (nSPS) is 11.1. The van der Waals surface area contributed by atoms with E-state index in [0.29, 0.717) is 80.1 Å². The smallest absolute Gasteiger partial charge is 0.314 e. The largest absolute Gasteiger partial charge is 0.495 e. The molecule has 0 fully saturated rings. The zero-order chi connectivity index (χ0) is 94.9. The van der Waals surface area contributed by atoms with Crippen LogP contribution in [-0.4, -0.2) is 94.3 Å². The highest BCUT2D eigenvalue weighted by Gasteiger charge is 2.26. The predicted octanol–water partition coefficient (Wildman–Crippen LogP) is 26.3. The molecule has 0 radical (unpaired) electrons. The number of carbonyl (C=O) groups is 10. The number of esters is 5. The van der Waals surface area contributed by atoms with Gasteiger partial charge < -0.3 is 71.3 Å². The Morgan fingerprint density at radius 1 is 0.188 bits per heavy atom. The van der Waals surface area contributed by atoms with E-state index in [9.17, 15) is 47.9 Å². The van der Waals surface area contributed by atoms with E-state index in [1.807, 2.05) is 243 Å². The number of ether oxygens (including phenoxy) is 10. The molecule has 15 rings (SSSR count). The molecule has 133 heavy (non-hydrogen) atoms. The Kier molecular flexibility index (Phi) is 37.0. The van der Waals surface area contributed by atoms with Crippen LogP contribution in [0.15, 0.2) is 243 Å². The highest BCUT2D eigenvalue weighted by molar-refractivity contribution is 6.17. The Morgan fingerprint density at radius 2 is 0.338 bits per heavy atom. The van der Waals surface area contributed by atoms with Crippen molar-refractivity contribution in [2.24, 2.45) is 5.92 Å². The summed E-state index contributed by atoms with van der Waals surface area (Å²) in [7, 11) is 8.24. The lowest BCUT2D eigenvalue weighted by Gasteiger charge is -2.17. The molecule has 0 saturated heterocycles. The minimum atomic E-state index is -0.489. The van der Waals surface area contributed by atoms with Crippen LogP contribution in [0, 0.1) is 5.92 Å². The van der Waals surface area contributed by atoms with E-state index in [1.165, 1.54) is 13.8 Å². The quantitative estimate of drug-likeness (QED) is 0.0152. The fraction of sp³-hybridized carbons (Fsp3) is 0.292. The number of benzene rings is 15. The SMILES string of the molecule is COc1c2ccccc2c(OC(=O)C(C)CC(C)=O)c2ccccc12.COc1c2ccccc2c(OC(=O)CCC(C)=O)c2ccccc12.COc1c2ccccc2c(OC(=O)CCCCC(C)=O)c2ccccc12.COc1c2ccccc2c(OC(=O)CCCCCCC(C)=O)c2ccccc12.COc1c2ccccc2c(OC(=O)CCCCCCCCC(C)=O)c2ccccc12. The summed E-state index contributed by atoms with van der Waals surface area (Å²) in [5, 5.41) is 17.5. The van der Waals surface area contributed by atoms with Crippen LogP contribution in [-0.2, 0) is 47.9 Å². The third-order valence-corrected chi connectivity index (χ3v) is 22.9. The third-order valence-electron chi connectivity index (χ3n) is 22.9. The zero-order valence-electron chi connectivity index (χ0n) is 77.7. The summed E-state index contributed by atoms with van der Waals surface area (Å²) in [5.41, 5.74) is 0. The Bertz CT molecular complexity index is 6440. The van der Waals surface area contributed by atoms with Crippen molar-refractivity contribution in [2.75, 3.05) is 35.5 Å². The van der Waals surface area contributed by atoms with Crippen molar-refractivity contribution in [3.05, 3.63) is 243 Å². The van der Waals surface area contributed by atoms with Crippen LogP contribution >= 0.6 is 0 Å². The molecule has 0 aliphatic carbocycles. The molecular weight excluding hydrogens is 1680 g/mol. The van der Waals surface area contributed by atoms with Crippen LogP contribution < -0.4 is 47.4 Å². The number of rotatable bonds is 37. The highest BCUT2D eigenvalue weighted by atomic mass is 16.6. The molecule has 1 unspecified atom stereocenters. The summed E-state index contributed by atoms with van der Waals surface area (Å²) in [6.07, 6.45) is 14.2. The summed E-state index contributed by atoms with van der Waals surface area (Å²) in [5.74, 6) is 5.19. The lowest BCUT2D eigenvalue weighted by Crippen LogP contribution is -2.20. The minimum Gasteiger partial charge on any atom is -0.495 e. The van der Waals surface area contributed by atoms with E-state index in [4.69, 9.17) is 47.4 Å². The van der Waals surface area contributed by atoms with E-state index in [-0.39, 0.29) is 66.1 Å². The second kappa shape index (κ2) is 49.6. The maximum atomic E-state index is 12.6. The van der Waals surface area contributed by atoms with Gasteiger partial charge in [0.15, 0.2) is 0 Å². The van der Waals surface area contributed by atoms with Crippen molar-refractivity contribution in [1.29, 1.82) is 0 Å². The lowest BCUT2D eigenvalue weighted by atomic mass is 10.00. The molecule has 15 aromatic carbocycles. The second-order valence-corrected chi connectivity index (χ2v) is 32.9. The maximum Gasteiger partial charge on any atom is 0.314 e. The first-order valence-electron chi connectivity index (χ1n) is 45.4. The van der Waals surface area contributed by atoms with E-state index in [2.05, 4.69) is 0 Å². The summed E-state index contributed by atoms with van der Waals surface area (Å²) in [4.78, 5) is 117. The number of hydrogen-bond acceptors (Lipinski definition) is 20. The summed E-state index contributed by atoms with van der Waals surface area (Å²) >= 11 is 0. The van der Waals surface area contributed by atoms with Gasteiger partial charge in [-0.15, -0.1) is 0 Å². The van der Waals surface area contributed by atoms with Crippen LogP contribution in [0.2, 0.25) is 0 Å². The van der Waals surface area contributed by atoms with Gasteiger partial charge in [-0.05, 0) is 73.1 Å². The van der Waals surface area contributed by atoms with Crippen LogP contribution in [0.25, 0.3) is 108 Å². The number of ketones is 5. The van der Waals surface area contributed by atoms with E-state index >= 15 is 0 Å². The monoisotopic (exact) mass is 1790 g/mol. The topological polar surface area (TPSA) is 263 Å². The molecular formula is C113H116O20. The molecule has 0 aliphatic rings. The van der Waals surface area contributed by atoms with Crippen molar-refractivity contribution in [3.63, 3.8) is 0 Å². The van der Waals surface area contributed by atoms with E-state index in [1.54, 1.807) is 63.2 Å². The molecule has 1 atom stereocenters. The Morgan fingerprint density at radius 3 is 0.519 bits per heavy atom. The van der Waals surface area contributed by atoms with Gasteiger partial charge in [0, 0.05) is 159 Å². The summed E-state index contributed by atoms with van der Waals surface area (Å²) in [6, 6.07) is 77.5. The number of Topliss-reactive ketones (excluding diaryl/α,β-unsaturated/α-hetero) is 5. The van der Waals surface area contributed by atoms with Crippen molar-refractivity contribution >= 4 is 166 Å². The van der Waals surface area contributed by atoms with Crippen molar-refractivity contribution < 1.29 is 95.3 Å². The van der Waals surface area contributed by atoms with Crippen molar-refractivity contribution in [3.8, 4) is 57.5 Å². The minimum absolute atomic E-state index is 0.0311. The average molecular weight is 1790 g/mol. The number of methoxy groups -OCH3 is 5. The van der Waals surface area contributed by atoms with Gasteiger partial charge >= 0.3 is 29.8 Å². The van der Waals surface area contributed by atoms with Crippen LogP contribution in [0.3, 0.4) is 0 Å². The number of hydrogen-bond donors (Lipinski definition) is 0. The molecule has 0 aliphatic heterocycles. The number of fused-ring (bicyclic) bond motifs is 10. The average Bonchev–Trinajstić information content (AvgIpc) is 1.03.